The minimum atomic E-state index is -1.40. The van der Waals surface area contributed by atoms with E-state index in [1.54, 1.807) is 0 Å². The predicted molar refractivity (Wildman–Crippen MR) is 180 cm³/mol. The third kappa shape index (κ3) is 7.66. The monoisotopic (exact) mass is 668 g/mol. The standard InChI is InChI=1S/C35H40N8O6/c36-42-38-17-9-1-3-15-29(44)46-21-35(22-47-30(45)16-4-2-10-18-39-43-37,33-40-31-25-13-7-5-11-23(25)19-27(31)48-33)34-41-32-26-14-8-6-12-24(26)20-28(32)49-34/h5-8,11-14,27-28,31-32H,1-4,9-10,15-22H2/t27-,28-,31+,32+/m1/s1. The van der Waals surface area contributed by atoms with Gasteiger partial charge in [-0.3, -0.25) is 9.59 Å². The Morgan fingerprint density at radius 3 is 1.61 bits per heavy atom. The van der Waals surface area contributed by atoms with Crippen molar-refractivity contribution in [2.75, 3.05) is 26.3 Å². The van der Waals surface area contributed by atoms with E-state index in [4.69, 9.17) is 40.0 Å². The van der Waals surface area contributed by atoms with Crippen LogP contribution in [0, 0.1) is 5.41 Å². The quantitative estimate of drug-likeness (QED) is 0.0540. The van der Waals surface area contributed by atoms with Crippen molar-refractivity contribution >= 4 is 23.7 Å². The van der Waals surface area contributed by atoms with Crippen molar-refractivity contribution in [3.8, 4) is 0 Å². The molecular weight excluding hydrogens is 628 g/mol. The van der Waals surface area contributed by atoms with Crippen molar-refractivity contribution in [2.24, 2.45) is 25.6 Å². The van der Waals surface area contributed by atoms with Gasteiger partial charge in [0.2, 0.25) is 11.8 Å². The van der Waals surface area contributed by atoms with Gasteiger partial charge in [0.25, 0.3) is 0 Å². The molecule has 0 aromatic heterocycles. The summed E-state index contributed by atoms with van der Waals surface area (Å²) in [6.45, 7) is 0.284. The Bertz CT molecular complexity index is 1570. The summed E-state index contributed by atoms with van der Waals surface area (Å²) in [4.78, 5) is 41.9. The van der Waals surface area contributed by atoms with Crippen LogP contribution in [0.4, 0.5) is 0 Å². The molecule has 0 saturated heterocycles. The molecule has 0 spiro atoms. The van der Waals surface area contributed by atoms with Gasteiger partial charge in [-0.1, -0.05) is 71.6 Å². The normalized spacial score (nSPS) is 21.0. The summed E-state index contributed by atoms with van der Waals surface area (Å²) in [6, 6.07) is 15.7. The fraction of sp³-hybridized carbons (Fsp3) is 0.543. The van der Waals surface area contributed by atoms with E-state index in [-0.39, 0.29) is 62.1 Å². The summed E-state index contributed by atoms with van der Waals surface area (Å²) >= 11 is 0. The molecule has 14 heteroatoms. The highest BCUT2D eigenvalue weighted by Crippen LogP contribution is 2.47. The zero-order chi connectivity index (χ0) is 34.1. The zero-order valence-corrected chi connectivity index (χ0v) is 27.4. The van der Waals surface area contributed by atoms with E-state index in [9.17, 15) is 9.59 Å². The lowest BCUT2D eigenvalue weighted by Gasteiger charge is -2.32. The van der Waals surface area contributed by atoms with Crippen molar-refractivity contribution in [1.82, 2.24) is 0 Å². The van der Waals surface area contributed by atoms with Gasteiger partial charge in [0.1, 0.15) is 37.5 Å². The van der Waals surface area contributed by atoms with Crippen molar-refractivity contribution in [3.63, 3.8) is 0 Å². The van der Waals surface area contributed by atoms with E-state index < -0.39 is 17.4 Å². The SMILES string of the molecule is [N-]=[N+]=NCCCCCC(=O)OCC(COC(=O)CCCCCN=[N+]=[N-])(C1=N[C@H]2c3ccccc3C[C@H]2O1)C1=N[C@H]2c3ccccc3C[C@H]2O1. The Kier molecular flexibility index (Phi) is 11.0. The number of carbonyl (C=O) groups excluding carboxylic acids is 2. The summed E-state index contributed by atoms with van der Waals surface area (Å²) in [5.41, 5.74) is 20.1. The van der Waals surface area contributed by atoms with Gasteiger partial charge in [-0.2, -0.15) is 0 Å². The number of fused-ring (bicyclic) bond motifs is 6. The zero-order valence-electron chi connectivity index (χ0n) is 27.4. The number of benzene rings is 2. The highest BCUT2D eigenvalue weighted by Gasteiger charge is 2.56. The van der Waals surface area contributed by atoms with Crippen LogP contribution in [-0.2, 0) is 41.4 Å². The van der Waals surface area contributed by atoms with Gasteiger partial charge in [0.15, 0.2) is 5.41 Å². The molecule has 49 heavy (non-hydrogen) atoms. The van der Waals surface area contributed by atoms with Crippen LogP contribution in [0.15, 0.2) is 68.7 Å². The molecule has 0 unspecified atom stereocenters. The Hall–Kier alpha value is -5.06. The average molecular weight is 669 g/mol. The topological polar surface area (TPSA) is 193 Å². The second-order valence-electron chi connectivity index (χ2n) is 12.8. The van der Waals surface area contributed by atoms with E-state index in [1.165, 1.54) is 11.1 Å². The molecule has 2 aliphatic heterocycles. The second-order valence-corrected chi connectivity index (χ2v) is 12.8. The van der Waals surface area contributed by atoms with Crippen LogP contribution >= 0.6 is 0 Å². The summed E-state index contributed by atoms with van der Waals surface area (Å²) < 4.78 is 25.1. The van der Waals surface area contributed by atoms with Crippen LogP contribution < -0.4 is 0 Å². The molecule has 0 N–H and O–H groups in total. The molecule has 2 heterocycles. The number of hydrogen-bond acceptors (Lipinski definition) is 10. The minimum Gasteiger partial charge on any atom is -0.474 e. The van der Waals surface area contributed by atoms with Gasteiger partial charge in [-0.05, 0) is 59.0 Å². The smallest absolute Gasteiger partial charge is 0.305 e. The second kappa shape index (κ2) is 15.9. The van der Waals surface area contributed by atoms with Gasteiger partial charge >= 0.3 is 11.9 Å². The maximum Gasteiger partial charge on any atom is 0.305 e. The number of esters is 2. The van der Waals surface area contributed by atoms with E-state index in [0.717, 1.165) is 11.1 Å². The number of aliphatic imine (C=N–C) groups is 2. The van der Waals surface area contributed by atoms with Gasteiger partial charge in [0.05, 0.1) is 0 Å². The average Bonchev–Trinajstić information content (AvgIpc) is 3.88. The molecule has 6 rings (SSSR count). The third-order valence-electron chi connectivity index (χ3n) is 9.52. The third-order valence-corrected chi connectivity index (χ3v) is 9.52. The lowest BCUT2D eigenvalue weighted by Crippen LogP contribution is -2.49. The van der Waals surface area contributed by atoms with Crippen LogP contribution in [-0.4, -0.2) is 62.2 Å². The van der Waals surface area contributed by atoms with Crippen LogP contribution in [0.1, 0.15) is 85.7 Å². The van der Waals surface area contributed by atoms with E-state index >= 15 is 0 Å². The Balaban J connectivity index is 1.26. The summed E-state index contributed by atoms with van der Waals surface area (Å²) in [6.07, 6.45) is 5.05. The first-order valence-corrected chi connectivity index (χ1v) is 17.0. The van der Waals surface area contributed by atoms with Gasteiger partial charge in [-0.15, -0.1) is 0 Å². The number of rotatable bonds is 18. The van der Waals surface area contributed by atoms with Crippen molar-refractivity contribution < 1.29 is 28.5 Å². The molecule has 0 bridgehead atoms. The maximum atomic E-state index is 13.1. The first-order valence-electron chi connectivity index (χ1n) is 17.0. The first-order chi connectivity index (χ1) is 24.0. The van der Waals surface area contributed by atoms with Crippen LogP contribution in [0.2, 0.25) is 0 Å². The number of ether oxygens (including phenoxy) is 4. The molecular formula is C35H40N8O6. The molecule has 2 aliphatic carbocycles. The molecule has 4 aliphatic rings. The first kappa shape index (κ1) is 33.8. The number of unbranched alkanes of at least 4 members (excludes halogenated alkanes) is 4. The Labute approximate surface area is 284 Å². The molecule has 0 amide bonds. The largest absolute Gasteiger partial charge is 0.474 e. The van der Waals surface area contributed by atoms with Crippen LogP contribution in [0.25, 0.3) is 20.9 Å². The van der Waals surface area contributed by atoms with Gasteiger partial charge < -0.3 is 18.9 Å². The molecule has 2 aromatic rings. The predicted octanol–water partition coefficient (Wildman–Crippen LogP) is 6.99. The molecule has 0 saturated carbocycles. The highest BCUT2D eigenvalue weighted by atomic mass is 16.6. The number of azide groups is 2. The van der Waals surface area contributed by atoms with Crippen molar-refractivity contribution in [1.29, 1.82) is 0 Å². The summed E-state index contributed by atoms with van der Waals surface area (Å²) in [5.74, 6) is -0.276. The van der Waals surface area contributed by atoms with Crippen molar-refractivity contribution in [3.05, 3.63) is 91.7 Å². The van der Waals surface area contributed by atoms with E-state index in [2.05, 4.69) is 32.2 Å². The van der Waals surface area contributed by atoms with Crippen molar-refractivity contribution in [2.45, 2.75) is 88.5 Å². The fourth-order valence-corrected chi connectivity index (χ4v) is 6.94. The number of nitrogens with zero attached hydrogens (tertiary/aromatic N) is 8. The summed E-state index contributed by atoms with van der Waals surface area (Å²) in [7, 11) is 0. The fourth-order valence-electron chi connectivity index (χ4n) is 6.94. The number of hydrogen-bond donors (Lipinski definition) is 0. The van der Waals surface area contributed by atoms with E-state index in [1.807, 2.05) is 36.4 Å². The van der Waals surface area contributed by atoms with Crippen LogP contribution in [0.3, 0.4) is 0 Å². The molecule has 0 fully saturated rings. The Morgan fingerprint density at radius 1 is 0.714 bits per heavy atom. The van der Waals surface area contributed by atoms with Gasteiger partial charge in [-0.25, -0.2) is 9.98 Å². The lowest BCUT2D eigenvalue weighted by atomic mass is 9.88. The highest BCUT2D eigenvalue weighted by molar-refractivity contribution is 6.07. The summed E-state index contributed by atoms with van der Waals surface area (Å²) in [5, 5.41) is 7.09. The minimum absolute atomic E-state index is 0.167. The van der Waals surface area contributed by atoms with Gasteiger partial charge in [0, 0.05) is 48.6 Å². The number of carbonyl (C=O) groups is 2. The molecule has 2 aromatic carbocycles. The molecule has 0 radical (unpaired) electrons. The Morgan fingerprint density at radius 2 is 1.16 bits per heavy atom. The molecule has 256 valence electrons. The molecule has 14 nitrogen and oxygen atoms in total. The maximum absolute atomic E-state index is 13.1. The molecule has 4 atom stereocenters. The van der Waals surface area contributed by atoms with E-state index in [0.29, 0.717) is 64.5 Å². The van der Waals surface area contributed by atoms with Crippen LogP contribution in [0.5, 0.6) is 0 Å². The lowest BCUT2D eigenvalue weighted by molar-refractivity contribution is -0.149.